The van der Waals surface area contributed by atoms with Gasteiger partial charge >= 0.3 is 0 Å². The third-order valence-corrected chi connectivity index (χ3v) is 2.39. The molecule has 2 nitrogen and oxygen atoms in total. The zero-order valence-corrected chi connectivity index (χ0v) is 8.66. The van der Waals surface area contributed by atoms with Crippen molar-refractivity contribution in [3.63, 3.8) is 0 Å². The first-order valence-electron chi connectivity index (χ1n) is 4.78. The van der Waals surface area contributed by atoms with Crippen molar-refractivity contribution in [2.75, 3.05) is 6.61 Å². The largest absolute Gasteiger partial charge is 0.396 e. The number of ketones is 1. The summed E-state index contributed by atoms with van der Waals surface area (Å²) in [5.74, 6) is 0.0900. The van der Waals surface area contributed by atoms with Gasteiger partial charge in [-0.3, -0.25) is 4.79 Å². The number of aliphatic hydroxyl groups is 1. The Hall–Kier alpha value is -1.15. The monoisotopic (exact) mass is 192 g/mol. The molecule has 0 unspecified atom stereocenters. The van der Waals surface area contributed by atoms with Crippen LogP contribution in [0.4, 0.5) is 0 Å². The van der Waals surface area contributed by atoms with Crippen LogP contribution < -0.4 is 0 Å². The van der Waals surface area contributed by atoms with Crippen LogP contribution in [0.3, 0.4) is 0 Å². The van der Waals surface area contributed by atoms with E-state index in [1.165, 1.54) is 0 Å². The molecule has 0 bridgehead atoms. The van der Waals surface area contributed by atoms with Crippen molar-refractivity contribution in [3.05, 3.63) is 35.9 Å². The van der Waals surface area contributed by atoms with Crippen LogP contribution in [-0.4, -0.2) is 17.5 Å². The van der Waals surface area contributed by atoms with E-state index in [9.17, 15) is 4.79 Å². The van der Waals surface area contributed by atoms with Crippen LogP contribution in [0.5, 0.6) is 0 Å². The fourth-order valence-corrected chi connectivity index (χ4v) is 1.37. The highest BCUT2D eigenvalue weighted by Crippen LogP contribution is 2.25. The maximum atomic E-state index is 11.9. The highest BCUT2D eigenvalue weighted by molar-refractivity contribution is 5.99. The molecule has 0 heterocycles. The van der Waals surface area contributed by atoms with Crippen molar-refractivity contribution in [3.8, 4) is 0 Å². The van der Waals surface area contributed by atoms with E-state index in [1.54, 1.807) is 0 Å². The predicted molar refractivity (Wildman–Crippen MR) is 56.3 cm³/mol. The molecule has 0 aliphatic carbocycles. The predicted octanol–water partition coefficient (Wildman–Crippen LogP) is 2.28. The van der Waals surface area contributed by atoms with Gasteiger partial charge in [-0.2, -0.15) is 0 Å². The number of rotatable bonds is 4. The van der Waals surface area contributed by atoms with Crippen LogP contribution in [0.15, 0.2) is 30.3 Å². The zero-order valence-electron chi connectivity index (χ0n) is 8.66. The SMILES string of the molecule is CC(C)(CCO)C(=O)c1ccccc1. The Morgan fingerprint density at radius 3 is 2.36 bits per heavy atom. The number of hydrogen-bond acceptors (Lipinski definition) is 2. The van der Waals surface area contributed by atoms with E-state index in [4.69, 9.17) is 5.11 Å². The Morgan fingerprint density at radius 1 is 1.29 bits per heavy atom. The summed E-state index contributed by atoms with van der Waals surface area (Å²) in [6.07, 6.45) is 0.501. The Morgan fingerprint density at radius 2 is 1.86 bits per heavy atom. The van der Waals surface area contributed by atoms with Crippen molar-refractivity contribution in [2.45, 2.75) is 20.3 Å². The molecule has 76 valence electrons. The molecular formula is C12H16O2. The maximum absolute atomic E-state index is 11.9. The molecule has 0 aliphatic heterocycles. The number of benzene rings is 1. The highest BCUT2D eigenvalue weighted by atomic mass is 16.3. The van der Waals surface area contributed by atoms with Gasteiger partial charge in [0.05, 0.1) is 0 Å². The van der Waals surface area contributed by atoms with Crippen molar-refractivity contribution >= 4 is 5.78 Å². The summed E-state index contributed by atoms with van der Waals surface area (Å²) < 4.78 is 0. The Bertz CT molecular complexity index is 301. The lowest BCUT2D eigenvalue weighted by molar-refractivity contribution is 0.0794. The Kier molecular flexibility index (Phi) is 3.42. The van der Waals surface area contributed by atoms with E-state index >= 15 is 0 Å². The summed E-state index contributed by atoms with van der Waals surface area (Å²) in [4.78, 5) is 11.9. The number of carbonyl (C=O) groups excluding carboxylic acids is 1. The minimum atomic E-state index is -0.476. The lowest BCUT2D eigenvalue weighted by Gasteiger charge is -2.21. The van der Waals surface area contributed by atoms with Gasteiger partial charge in [0, 0.05) is 17.6 Å². The van der Waals surface area contributed by atoms with Crippen LogP contribution >= 0.6 is 0 Å². The van der Waals surface area contributed by atoms with E-state index < -0.39 is 5.41 Å². The van der Waals surface area contributed by atoms with Gasteiger partial charge in [-0.05, 0) is 6.42 Å². The Balaban J connectivity index is 2.85. The van der Waals surface area contributed by atoms with Gasteiger partial charge < -0.3 is 5.11 Å². The first kappa shape index (κ1) is 10.9. The molecular weight excluding hydrogens is 176 g/mol. The summed E-state index contributed by atoms with van der Waals surface area (Å²) in [7, 11) is 0. The van der Waals surface area contributed by atoms with Crippen molar-refractivity contribution < 1.29 is 9.90 Å². The van der Waals surface area contributed by atoms with Gasteiger partial charge in [-0.15, -0.1) is 0 Å². The standard InChI is InChI=1S/C12H16O2/c1-12(2,8-9-13)11(14)10-6-4-3-5-7-10/h3-7,13H,8-9H2,1-2H3. The van der Waals surface area contributed by atoms with E-state index in [-0.39, 0.29) is 12.4 Å². The number of hydrogen-bond donors (Lipinski definition) is 1. The molecule has 1 aromatic rings. The smallest absolute Gasteiger partial charge is 0.168 e. The molecule has 0 radical (unpaired) electrons. The quantitative estimate of drug-likeness (QED) is 0.743. The average Bonchev–Trinajstić information content (AvgIpc) is 2.18. The molecule has 0 aromatic heterocycles. The molecule has 0 atom stereocenters. The van der Waals surface area contributed by atoms with Gasteiger partial charge in [-0.25, -0.2) is 0 Å². The van der Waals surface area contributed by atoms with Crippen LogP contribution in [-0.2, 0) is 0 Å². The van der Waals surface area contributed by atoms with Crippen LogP contribution in [0.2, 0.25) is 0 Å². The molecule has 1 aromatic carbocycles. The van der Waals surface area contributed by atoms with E-state index in [0.29, 0.717) is 12.0 Å². The zero-order chi connectivity index (χ0) is 10.6. The summed E-state index contributed by atoms with van der Waals surface area (Å²) in [6, 6.07) is 9.20. The Labute approximate surface area is 84.6 Å². The maximum Gasteiger partial charge on any atom is 0.168 e. The van der Waals surface area contributed by atoms with Gasteiger partial charge in [0.25, 0.3) is 0 Å². The minimum Gasteiger partial charge on any atom is -0.396 e. The third kappa shape index (κ3) is 2.42. The molecule has 1 rings (SSSR count). The second-order valence-electron chi connectivity index (χ2n) is 4.05. The topological polar surface area (TPSA) is 37.3 Å². The van der Waals surface area contributed by atoms with E-state index in [2.05, 4.69) is 0 Å². The van der Waals surface area contributed by atoms with E-state index in [0.717, 1.165) is 0 Å². The molecule has 1 N–H and O–H groups in total. The first-order valence-corrected chi connectivity index (χ1v) is 4.78. The molecule has 0 amide bonds. The van der Waals surface area contributed by atoms with Crippen LogP contribution in [0, 0.1) is 5.41 Å². The number of carbonyl (C=O) groups is 1. The second kappa shape index (κ2) is 4.38. The van der Waals surface area contributed by atoms with Gasteiger partial charge in [0.1, 0.15) is 0 Å². The summed E-state index contributed by atoms with van der Waals surface area (Å²) >= 11 is 0. The first-order chi connectivity index (χ1) is 6.58. The second-order valence-corrected chi connectivity index (χ2v) is 4.05. The van der Waals surface area contributed by atoms with Crippen molar-refractivity contribution in [1.29, 1.82) is 0 Å². The van der Waals surface area contributed by atoms with E-state index in [1.807, 2.05) is 44.2 Å². The van der Waals surface area contributed by atoms with Crippen LogP contribution in [0.1, 0.15) is 30.6 Å². The molecule has 0 saturated carbocycles. The molecule has 14 heavy (non-hydrogen) atoms. The highest BCUT2D eigenvalue weighted by Gasteiger charge is 2.27. The fraction of sp³-hybridized carbons (Fsp3) is 0.417. The molecule has 2 heteroatoms. The molecule has 0 spiro atoms. The minimum absolute atomic E-state index is 0.0472. The molecule has 0 aliphatic rings. The number of aliphatic hydroxyl groups excluding tert-OH is 1. The fourth-order valence-electron chi connectivity index (χ4n) is 1.37. The number of Topliss-reactive ketones (excluding diaryl/α,β-unsaturated/α-hetero) is 1. The van der Waals surface area contributed by atoms with Crippen molar-refractivity contribution in [2.24, 2.45) is 5.41 Å². The lowest BCUT2D eigenvalue weighted by atomic mass is 9.81. The summed E-state index contributed by atoms with van der Waals surface area (Å²) in [6.45, 7) is 3.77. The lowest BCUT2D eigenvalue weighted by Crippen LogP contribution is -2.25. The normalized spacial score (nSPS) is 11.4. The molecule has 0 saturated heterocycles. The summed E-state index contributed by atoms with van der Waals surface area (Å²) in [5.41, 5.74) is 0.238. The van der Waals surface area contributed by atoms with Gasteiger partial charge in [-0.1, -0.05) is 44.2 Å². The van der Waals surface area contributed by atoms with Crippen molar-refractivity contribution in [1.82, 2.24) is 0 Å². The van der Waals surface area contributed by atoms with Gasteiger partial charge in [0.15, 0.2) is 5.78 Å². The molecule has 0 fully saturated rings. The van der Waals surface area contributed by atoms with Crippen LogP contribution in [0.25, 0.3) is 0 Å². The van der Waals surface area contributed by atoms with Gasteiger partial charge in [0.2, 0.25) is 0 Å². The third-order valence-electron chi connectivity index (χ3n) is 2.39. The average molecular weight is 192 g/mol. The summed E-state index contributed by atoms with van der Waals surface area (Å²) in [5, 5.41) is 8.85.